The third kappa shape index (κ3) is 2.61. The van der Waals surface area contributed by atoms with Crippen molar-refractivity contribution >= 4 is 0 Å². The molecule has 1 aliphatic rings. The van der Waals surface area contributed by atoms with E-state index in [2.05, 4.69) is 6.92 Å². The lowest BCUT2D eigenvalue weighted by Gasteiger charge is -2.22. The number of ether oxygens (including phenoxy) is 1. The van der Waals surface area contributed by atoms with Crippen molar-refractivity contribution < 1.29 is 4.74 Å². The second-order valence-corrected chi connectivity index (χ2v) is 3.67. The van der Waals surface area contributed by atoms with Gasteiger partial charge in [0.15, 0.2) is 0 Å². The van der Waals surface area contributed by atoms with E-state index in [4.69, 9.17) is 10.5 Å². The molecule has 1 aliphatic carbocycles. The Hall–Kier alpha value is -0.340. The maximum absolute atomic E-state index is 5.88. The van der Waals surface area contributed by atoms with Gasteiger partial charge >= 0.3 is 0 Å². The van der Waals surface area contributed by atoms with Crippen molar-refractivity contribution in [1.29, 1.82) is 0 Å². The van der Waals surface area contributed by atoms with Crippen molar-refractivity contribution in [2.45, 2.75) is 38.6 Å². The molecule has 0 amide bonds. The van der Waals surface area contributed by atoms with Crippen molar-refractivity contribution in [2.24, 2.45) is 5.73 Å². The average Bonchev–Trinajstić information content (AvgIpc) is 2.05. The fourth-order valence-electron chi connectivity index (χ4n) is 1.80. The van der Waals surface area contributed by atoms with Crippen molar-refractivity contribution in [2.75, 3.05) is 13.7 Å². The van der Waals surface area contributed by atoms with Crippen molar-refractivity contribution in [3.8, 4) is 0 Å². The molecule has 2 heteroatoms. The van der Waals surface area contributed by atoms with Gasteiger partial charge in [0.2, 0.25) is 0 Å². The number of hydrogen-bond donors (Lipinski definition) is 1. The van der Waals surface area contributed by atoms with Crippen molar-refractivity contribution in [1.82, 2.24) is 0 Å². The first-order valence-electron chi connectivity index (χ1n) is 4.66. The number of hydrogen-bond acceptors (Lipinski definition) is 2. The van der Waals surface area contributed by atoms with Crippen LogP contribution in [0.4, 0.5) is 0 Å². The largest absolute Gasteiger partial charge is 0.380 e. The lowest BCUT2D eigenvalue weighted by atomic mass is 9.88. The first-order chi connectivity index (χ1) is 5.74. The minimum atomic E-state index is 0.389. The molecule has 0 radical (unpaired) electrons. The zero-order valence-electron chi connectivity index (χ0n) is 8.10. The Morgan fingerprint density at radius 2 is 2.42 bits per heavy atom. The van der Waals surface area contributed by atoms with E-state index in [1.54, 1.807) is 7.11 Å². The van der Waals surface area contributed by atoms with Crippen molar-refractivity contribution in [3.05, 3.63) is 11.1 Å². The standard InChI is InChI=1S/C10H19NO/c1-8(7-12-2)9-4-3-5-10(11)6-9/h10H,3-7,11H2,1-2H3. The molecule has 0 saturated heterocycles. The van der Waals surface area contributed by atoms with E-state index in [1.165, 1.54) is 30.4 Å². The van der Waals surface area contributed by atoms with Crippen LogP contribution in [0.2, 0.25) is 0 Å². The molecule has 1 atom stereocenters. The molecule has 2 N–H and O–H groups in total. The zero-order valence-corrected chi connectivity index (χ0v) is 8.10. The van der Waals surface area contributed by atoms with Crippen LogP contribution in [-0.4, -0.2) is 19.8 Å². The lowest BCUT2D eigenvalue weighted by molar-refractivity contribution is 0.224. The van der Waals surface area contributed by atoms with E-state index in [0.29, 0.717) is 6.04 Å². The summed E-state index contributed by atoms with van der Waals surface area (Å²) >= 11 is 0. The van der Waals surface area contributed by atoms with Gasteiger partial charge in [-0.1, -0.05) is 5.57 Å². The maximum atomic E-state index is 5.88. The lowest BCUT2D eigenvalue weighted by Crippen LogP contribution is -2.24. The molecular weight excluding hydrogens is 150 g/mol. The van der Waals surface area contributed by atoms with Crippen LogP contribution in [0.5, 0.6) is 0 Å². The molecule has 12 heavy (non-hydrogen) atoms. The molecule has 0 heterocycles. The van der Waals surface area contributed by atoms with Crippen LogP contribution in [0, 0.1) is 0 Å². The summed E-state index contributed by atoms with van der Waals surface area (Å²) < 4.78 is 5.09. The van der Waals surface area contributed by atoms with Gasteiger partial charge in [-0.2, -0.15) is 0 Å². The molecular formula is C10H19NO. The maximum Gasteiger partial charge on any atom is 0.0672 e. The molecule has 1 fully saturated rings. The Balaban J connectivity index is 2.53. The van der Waals surface area contributed by atoms with Gasteiger partial charge in [0.1, 0.15) is 0 Å². The van der Waals surface area contributed by atoms with Crippen molar-refractivity contribution in [3.63, 3.8) is 0 Å². The molecule has 2 nitrogen and oxygen atoms in total. The highest BCUT2D eigenvalue weighted by molar-refractivity contribution is 5.15. The molecule has 0 aromatic carbocycles. The van der Waals surface area contributed by atoms with E-state index in [-0.39, 0.29) is 0 Å². The summed E-state index contributed by atoms with van der Waals surface area (Å²) in [4.78, 5) is 0. The van der Waals surface area contributed by atoms with Crippen LogP contribution >= 0.6 is 0 Å². The normalized spacial score (nSPS) is 28.8. The summed E-state index contributed by atoms with van der Waals surface area (Å²) in [7, 11) is 1.74. The van der Waals surface area contributed by atoms with Crippen LogP contribution in [0.15, 0.2) is 11.1 Å². The summed E-state index contributed by atoms with van der Waals surface area (Å²) in [5.41, 5.74) is 8.79. The Morgan fingerprint density at radius 3 is 3.00 bits per heavy atom. The zero-order chi connectivity index (χ0) is 8.97. The third-order valence-corrected chi connectivity index (χ3v) is 2.53. The Morgan fingerprint density at radius 1 is 1.67 bits per heavy atom. The van der Waals surface area contributed by atoms with Gasteiger partial charge in [-0.25, -0.2) is 0 Å². The van der Waals surface area contributed by atoms with E-state index in [9.17, 15) is 0 Å². The smallest absolute Gasteiger partial charge is 0.0672 e. The third-order valence-electron chi connectivity index (χ3n) is 2.53. The fraction of sp³-hybridized carbons (Fsp3) is 0.800. The molecule has 0 bridgehead atoms. The summed E-state index contributed by atoms with van der Waals surface area (Å²) in [6.07, 6.45) is 4.74. The highest BCUT2D eigenvalue weighted by atomic mass is 16.5. The van der Waals surface area contributed by atoms with Crippen LogP contribution in [0.3, 0.4) is 0 Å². The summed E-state index contributed by atoms with van der Waals surface area (Å²) in [6, 6.07) is 0.389. The Bertz CT molecular complexity index is 175. The fourth-order valence-corrected chi connectivity index (χ4v) is 1.80. The molecule has 70 valence electrons. The SMILES string of the molecule is COCC(C)=C1CCCC(N)C1. The summed E-state index contributed by atoms with van der Waals surface area (Å²) in [6.45, 7) is 2.92. The molecule has 0 spiro atoms. The topological polar surface area (TPSA) is 35.2 Å². The first-order valence-corrected chi connectivity index (χ1v) is 4.66. The summed E-state index contributed by atoms with van der Waals surface area (Å²) in [5, 5.41) is 0. The molecule has 1 rings (SSSR count). The highest BCUT2D eigenvalue weighted by Gasteiger charge is 2.14. The molecule has 1 saturated carbocycles. The van der Waals surface area contributed by atoms with E-state index in [0.717, 1.165) is 13.0 Å². The first kappa shape index (κ1) is 9.75. The molecule has 0 aliphatic heterocycles. The van der Waals surface area contributed by atoms with Gasteiger partial charge < -0.3 is 10.5 Å². The van der Waals surface area contributed by atoms with Crippen LogP contribution < -0.4 is 5.73 Å². The summed E-state index contributed by atoms with van der Waals surface area (Å²) in [5.74, 6) is 0. The van der Waals surface area contributed by atoms with Gasteiger partial charge in [0.05, 0.1) is 6.61 Å². The monoisotopic (exact) mass is 169 g/mol. The minimum Gasteiger partial charge on any atom is -0.380 e. The average molecular weight is 169 g/mol. The van der Waals surface area contributed by atoms with E-state index >= 15 is 0 Å². The predicted molar refractivity (Wildman–Crippen MR) is 51.0 cm³/mol. The van der Waals surface area contributed by atoms with Gasteiger partial charge in [-0.3, -0.25) is 0 Å². The van der Waals surface area contributed by atoms with Gasteiger partial charge in [-0.05, 0) is 38.2 Å². The molecule has 0 aromatic heterocycles. The second-order valence-electron chi connectivity index (χ2n) is 3.67. The van der Waals surface area contributed by atoms with Gasteiger partial charge in [0, 0.05) is 13.2 Å². The van der Waals surface area contributed by atoms with E-state index < -0.39 is 0 Å². The van der Waals surface area contributed by atoms with Crippen LogP contribution in [0.25, 0.3) is 0 Å². The second kappa shape index (κ2) is 4.63. The number of methoxy groups -OCH3 is 1. The highest BCUT2D eigenvalue weighted by Crippen LogP contribution is 2.24. The quantitative estimate of drug-likeness (QED) is 0.640. The Kier molecular flexibility index (Phi) is 3.76. The number of rotatable bonds is 2. The van der Waals surface area contributed by atoms with Crippen LogP contribution in [0.1, 0.15) is 32.6 Å². The van der Waals surface area contributed by atoms with Gasteiger partial charge in [-0.15, -0.1) is 0 Å². The van der Waals surface area contributed by atoms with Crippen LogP contribution in [-0.2, 0) is 4.74 Å². The molecule has 0 aromatic rings. The van der Waals surface area contributed by atoms with E-state index in [1.807, 2.05) is 0 Å². The number of nitrogens with two attached hydrogens (primary N) is 1. The Labute approximate surface area is 74.8 Å². The predicted octanol–water partition coefficient (Wildman–Crippen LogP) is 1.85. The minimum absolute atomic E-state index is 0.389. The van der Waals surface area contributed by atoms with Gasteiger partial charge in [0.25, 0.3) is 0 Å². The molecule has 1 unspecified atom stereocenters.